The molecule has 1 aromatic carbocycles. The number of hydrogen-bond acceptors (Lipinski definition) is 3. The van der Waals surface area contributed by atoms with Crippen LogP contribution in [-0.2, 0) is 32.4 Å². The number of nitrogens with zero attached hydrogens (tertiary/aromatic N) is 2. The Balaban J connectivity index is 1.67. The lowest BCUT2D eigenvalue weighted by atomic mass is 10.0. The molecular formula is C17H19N3O. The van der Waals surface area contributed by atoms with Crippen LogP contribution in [0.25, 0.3) is 0 Å². The average molecular weight is 281 g/mol. The second-order valence-electron chi connectivity index (χ2n) is 5.99. The van der Waals surface area contributed by atoms with Crippen molar-refractivity contribution in [2.75, 3.05) is 6.54 Å². The number of aromatic nitrogens is 2. The van der Waals surface area contributed by atoms with Crippen molar-refractivity contribution in [3.8, 4) is 0 Å². The first-order chi connectivity index (χ1) is 10.3. The van der Waals surface area contributed by atoms with Crippen LogP contribution in [0.15, 0.2) is 29.2 Å². The van der Waals surface area contributed by atoms with E-state index in [0.717, 1.165) is 30.6 Å². The van der Waals surface area contributed by atoms with Gasteiger partial charge in [-0.3, -0.25) is 4.79 Å². The smallest absolute Gasteiger partial charge is 0.270 e. The van der Waals surface area contributed by atoms with E-state index in [2.05, 4.69) is 28.6 Å². The molecule has 4 nitrogen and oxygen atoms in total. The summed E-state index contributed by atoms with van der Waals surface area (Å²) in [5, 5.41) is 7.62. The molecule has 1 aromatic heterocycles. The Hall–Kier alpha value is -1.94. The minimum atomic E-state index is 0.0782. The summed E-state index contributed by atoms with van der Waals surface area (Å²) < 4.78 is 1.61. The van der Waals surface area contributed by atoms with E-state index in [-0.39, 0.29) is 5.56 Å². The van der Waals surface area contributed by atoms with Crippen LogP contribution >= 0.6 is 0 Å². The van der Waals surface area contributed by atoms with Gasteiger partial charge in [-0.1, -0.05) is 18.2 Å². The molecule has 0 amide bonds. The predicted octanol–water partition coefficient (Wildman–Crippen LogP) is 1.43. The van der Waals surface area contributed by atoms with Crippen LogP contribution < -0.4 is 10.9 Å². The first-order valence-electron chi connectivity index (χ1n) is 7.70. The van der Waals surface area contributed by atoms with E-state index in [1.54, 1.807) is 4.68 Å². The lowest BCUT2D eigenvalue weighted by Gasteiger charge is -2.17. The Morgan fingerprint density at radius 1 is 1.14 bits per heavy atom. The fourth-order valence-electron chi connectivity index (χ4n) is 3.43. The summed E-state index contributed by atoms with van der Waals surface area (Å²) in [6.45, 7) is 2.22. The van der Waals surface area contributed by atoms with Crippen LogP contribution in [0, 0.1) is 0 Å². The van der Waals surface area contributed by atoms with Gasteiger partial charge < -0.3 is 5.32 Å². The predicted molar refractivity (Wildman–Crippen MR) is 81.5 cm³/mol. The molecule has 0 saturated carbocycles. The Morgan fingerprint density at radius 3 is 3.00 bits per heavy atom. The molecule has 1 aliphatic heterocycles. The quantitative estimate of drug-likeness (QED) is 0.906. The summed E-state index contributed by atoms with van der Waals surface area (Å²) in [7, 11) is 0. The van der Waals surface area contributed by atoms with Crippen molar-refractivity contribution in [1.82, 2.24) is 15.1 Å². The molecule has 0 saturated heterocycles. The number of fused-ring (bicyclic) bond motifs is 2. The van der Waals surface area contributed by atoms with Gasteiger partial charge in [0.1, 0.15) is 0 Å². The van der Waals surface area contributed by atoms with Crippen LogP contribution in [-0.4, -0.2) is 16.3 Å². The van der Waals surface area contributed by atoms with Crippen LogP contribution in [0.3, 0.4) is 0 Å². The standard InChI is InChI=1S/C17H19N3O/c21-17-16-6-7-18-9-15(16)10-19-20(17)11-12-4-5-13-2-1-3-14(13)8-12/h4-5,8,10,18H,1-3,6-7,9,11H2. The zero-order chi connectivity index (χ0) is 14.2. The van der Waals surface area contributed by atoms with Crippen molar-refractivity contribution < 1.29 is 0 Å². The maximum Gasteiger partial charge on any atom is 0.270 e. The van der Waals surface area contributed by atoms with Crippen LogP contribution in [0.2, 0.25) is 0 Å². The van der Waals surface area contributed by atoms with Crippen molar-refractivity contribution in [3.63, 3.8) is 0 Å². The van der Waals surface area contributed by atoms with Gasteiger partial charge in [-0.15, -0.1) is 0 Å². The summed E-state index contributed by atoms with van der Waals surface area (Å²) in [6, 6.07) is 6.60. The molecular weight excluding hydrogens is 262 g/mol. The van der Waals surface area contributed by atoms with Crippen molar-refractivity contribution in [2.45, 2.75) is 38.8 Å². The molecule has 0 atom stereocenters. The lowest BCUT2D eigenvalue weighted by molar-refractivity contribution is 0.578. The molecule has 2 aliphatic rings. The molecule has 2 aromatic rings. The van der Waals surface area contributed by atoms with Gasteiger partial charge in [0.2, 0.25) is 0 Å². The number of rotatable bonds is 2. The Bertz CT molecular complexity index is 748. The highest BCUT2D eigenvalue weighted by molar-refractivity contribution is 5.35. The highest BCUT2D eigenvalue weighted by atomic mass is 16.1. The minimum absolute atomic E-state index is 0.0782. The summed E-state index contributed by atoms with van der Waals surface area (Å²) in [6.07, 6.45) is 6.26. The first-order valence-corrected chi connectivity index (χ1v) is 7.70. The third-order valence-corrected chi connectivity index (χ3v) is 4.60. The molecule has 0 spiro atoms. The number of hydrogen-bond donors (Lipinski definition) is 1. The second kappa shape index (κ2) is 5.11. The van der Waals surface area contributed by atoms with E-state index < -0.39 is 0 Å². The van der Waals surface area contributed by atoms with Gasteiger partial charge in [-0.25, -0.2) is 4.68 Å². The zero-order valence-corrected chi connectivity index (χ0v) is 12.1. The van der Waals surface area contributed by atoms with Crippen molar-refractivity contribution in [3.05, 3.63) is 62.6 Å². The van der Waals surface area contributed by atoms with Crippen molar-refractivity contribution in [1.29, 1.82) is 0 Å². The molecule has 0 bridgehead atoms. The topological polar surface area (TPSA) is 46.9 Å². The van der Waals surface area contributed by atoms with E-state index in [4.69, 9.17) is 0 Å². The SMILES string of the molecule is O=c1c2c(cnn1Cc1ccc3c(c1)CCC3)CNCC2. The maximum atomic E-state index is 12.5. The van der Waals surface area contributed by atoms with Crippen molar-refractivity contribution >= 4 is 0 Å². The second-order valence-corrected chi connectivity index (χ2v) is 5.99. The molecule has 4 heteroatoms. The van der Waals surface area contributed by atoms with Crippen LogP contribution in [0.5, 0.6) is 0 Å². The van der Waals surface area contributed by atoms with Gasteiger partial charge in [0, 0.05) is 12.1 Å². The highest BCUT2D eigenvalue weighted by Crippen LogP contribution is 2.23. The molecule has 2 heterocycles. The van der Waals surface area contributed by atoms with Gasteiger partial charge in [-0.05, 0) is 54.5 Å². The summed E-state index contributed by atoms with van der Waals surface area (Å²) >= 11 is 0. The summed E-state index contributed by atoms with van der Waals surface area (Å²) in [5.41, 5.74) is 6.16. The third-order valence-electron chi connectivity index (χ3n) is 4.60. The van der Waals surface area contributed by atoms with E-state index in [0.29, 0.717) is 6.54 Å². The van der Waals surface area contributed by atoms with Gasteiger partial charge in [0.15, 0.2) is 0 Å². The molecule has 4 rings (SSSR count). The monoisotopic (exact) mass is 281 g/mol. The first kappa shape index (κ1) is 12.8. The van der Waals surface area contributed by atoms with E-state index in [1.165, 1.54) is 36.0 Å². The van der Waals surface area contributed by atoms with Gasteiger partial charge in [0.25, 0.3) is 5.56 Å². The Morgan fingerprint density at radius 2 is 2.05 bits per heavy atom. The molecule has 1 aliphatic carbocycles. The largest absolute Gasteiger partial charge is 0.312 e. The maximum absolute atomic E-state index is 12.5. The van der Waals surface area contributed by atoms with Gasteiger partial charge in [-0.2, -0.15) is 5.10 Å². The lowest BCUT2D eigenvalue weighted by Crippen LogP contribution is -2.34. The molecule has 21 heavy (non-hydrogen) atoms. The van der Waals surface area contributed by atoms with Crippen molar-refractivity contribution in [2.24, 2.45) is 0 Å². The minimum Gasteiger partial charge on any atom is -0.312 e. The number of aryl methyl sites for hydroxylation is 2. The molecule has 108 valence electrons. The van der Waals surface area contributed by atoms with Gasteiger partial charge >= 0.3 is 0 Å². The molecule has 0 radical (unpaired) electrons. The van der Waals surface area contributed by atoms with E-state index in [9.17, 15) is 4.79 Å². The molecule has 0 fully saturated rings. The van der Waals surface area contributed by atoms with E-state index >= 15 is 0 Å². The van der Waals surface area contributed by atoms with Crippen LogP contribution in [0.4, 0.5) is 0 Å². The Labute approximate surface area is 123 Å². The average Bonchev–Trinajstić information content (AvgIpc) is 2.98. The number of benzene rings is 1. The normalized spacial score (nSPS) is 16.6. The van der Waals surface area contributed by atoms with Gasteiger partial charge in [0.05, 0.1) is 12.7 Å². The fourth-order valence-corrected chi connectivity index (χ4v) is 3.43. The number of nitrogens with one attached hydrogen (secondary N) is 1. The summed E-state index contributed by atoms with van der Waals surface area (Å²) in [5.74, 6) is 0. The van der Waals surface area contributed by atoms with Crippen LogP contribution in [0.1, 0.15) is 34.2 Å². The fraction of sp³-hybridized carbons (Fsp3) is 0.412. The Kier molecular flexibility index (Phi) is 3.11. The third kappa shape index (κ3) is 2.29. The molecule has 1 N–H and O–H groups in total. The van der Waals surface area contributed by atoms with E-state index in [1.807, 2.05) is 6.20 Å². The highest BCUT2D eigenvalue weighted by Gasteiger charge is 2.16. The summed E-state index contributed by atoms with van der Waals surface area (Å²) in [4.78, 5) is 12.5. The molecule has 0 unspecified atom stereocenters. The zero-order valence-electron chi connectivity index (χ0n) is 12.1.